The fourth-order valence-electron chi connectivity index (χ4n) is 2.87. The minimum absolute atomic E-state index is 0.00565. The maximum absolute atomic E-state index is 12.7. The Bertz CT molecular complexity index is 1340. The van der Waals surface area contributed by atoms with Crippen molar-refractivity contribution in [3.8, 4) is 0 Å². The summed E-state index contributed by atoms with van der Waals surface area (Å²) in [7, 11) is -3.62. The number of aromatic nitrogens is 2. The molecule has 2 amide bonds. The van der Waals surface area contributed by atoms with Crippen molar-refractivity contribution >= 4 is 49.9 Å². The second-order valence-electron chi connectivity index (χ2n) is 6.43. The maximum atomic E-state index is 12.7. The van der Waals surface area contributed by atoms with Crippen LogP contribution in [0, 0.1) is 0 Å². The molecular weight excluding hydrogens is 424 g/mol. The van der Waals surface area contributed by atoms with Crippen molar-refractivity contribution in [2.45, 2.75) is 5.16 Å². The Kier molecular flexibility index (Phi) is 5.10. The standard InChI is InChI=1S/C20H16N4O4S2/c1-30(27,28)20-23-17(15-5-2-3-11-24(15)20)19(26)22-14-9-7-13(8-10-14)21-18(25)16-6-4-12-29-16/h2-12H,1H3,(H,21,25)(H,22,26). The van der Waals surface area contributed by atoms with Crippen molar-refractivity contribution in [1.82, 2.24) is 9.38 Å². The molecule has 10 heteroatoms. The molecule has 0 spiro atoms. The molecule has 4 aromatic rings. The molecule has 0 radical (unpaired) electrons. The first-order valence-electron chi connectivity index (χ1n) is 8.76. The van der Waals surface area contributed by atoms with E-state index in [1.807, 2.05) is 5.38 Å². The molecule has 0 aliphatic heterocycles. The highest BCUT2D eigenvalue weighted by molar-refractivity contribution is 7.90. The first-order valence-corrected chi connectivity index (χ1v) is 11.5. The van der Waals surface area contributed by atoms with Crippen molar-refractivity contribution in [3.05, 3.63) is 76.7 Å². The first-order chi connectivity index (χ1) is 14.3. The highest BCUT2D eigenvalue weighted by atomic mass is 32.2. The largest absolute Gasteiger partial charge is 0.321 e. The van der Waals surface area contributed by atoms with Crippen molar-refractivity contribution in [3.63, 3.8) is 0 Å². The van der Waals surface area contributed by atoms with Gasteiger partial charge in [0.25, 0.3) is 11.8 Å². The number of thiophene rings is 1. The number of nitrogens with one attached hydrogen (secondary N) is 2. The lowest BCUT2D eigenvalue weighted by Gasteiger charge is -2.07. The van der Waals surface area contributed by atoms with Crippen LogP contribution in [0.2, 0.25) is 0 Å². The van der Waals surface area contributed by atoms with Crippen LogP contribution in [0.25, 0.3) is 5.52 Å². The van der Waals surface area contributed by atoms with Gasteiger partial charge in [-0.25, -0.2) is 13.4 Å². The van der Waals surface area contributed by atoms with Gasteiger partial charge in [-0.3, -0.25) is 14.0 Å². The van der Waals surface area contributed by atoms with E-state index < -0.39 is 15.7 Å². The van der Waals surface area contributed by atoms with Crippen molar-refractivity contribution in [2.75, 3.05) is 16.9 Å². The average Bonchev–Trinajstić information content (AvgIpc) is 3.37. The van der Waals surface area contributed by atoms with E-state index in [9.17, 15) is 18.0 Å². The third-order valence-electron chi connectivity index (χ3n) is 4.21. The van der Waals surface area contributed by atoms with E-state index in [4.69, 9.17) is 0 Å². The smallest absolute Gasteiger partial charge is 0.276 e. The zero-order valence-corrected chi connectivity index (χ0v) is 17.3. The number of nitrogens with zero attached hydrogens (tertiary/aromatic N) is 2. The van der Waals surface area contributed by atoms with E-state index in [1.54, 1.807) is 60.8 Å². The lowest BCUT2D eigenvalue weighted by Crippen LogP contribution is -2.13. The number of anilines is 2. The van der Waals surface area contributed by atoms with Gasteiger partial charge in [-0.2, -0.15) is 0 Å². The van der Waals surface area contributed by atoms with Crippen LogP contribution < -0.4 is 10.6 Å². The van der Waals surface area contributed by atoms with Crippen molar-refractivity contribution < 1.29 is 18.0 Å². The number of carbonyl (C=O) groups excluding carboxylic acids is 2. The van der Waals surface area contributed by atoms with E-state index in [-0.39, 0.29) is 16.8 Å². The number of hydrogen-bond acceptors (Lipinski definition) is 6. The molecule has 0 aliphatic rings. The summed E-state index contributed by atoms with van der Waals surface area (Å²) in [5.41, 5.74) is 1.45. The number of pyridine rings is 1. The number of imidazole rings is 1. The third kappa shape index (κ3) is 3.95. The van der Waals surface area contributed by atoms with Gasteiger partial charge in [0.2, 0.25) is 15.0 Å². The molecule has 0 aliphatic carbocycles. The number of carbonyl (C=O) groups is 2. The quantitative estimate of drug-likeness (QED) is 0.495. The molecule has 0 atom stereocenters. The molecule has 4 rings (SSSR count). The van der Waals surface area contributed by atoms with E-state index in [0.29, 0.717) is 21.8 Å². The van der Waals surface area contributed by atoms with Crippen LogP contribution in [0.3, 0.4) is 0 Å². The minimum Gasteiger partial charge on any atom is -0.321 e. The van der Waals surface area contributed by atoms with E-state index in [0.717, 1.165) is 6.26 Å². The zero-order valence-electron chi connectivity index (χ0n) is 15.7. The van der Waals surface area contributed by atoms with Crippen LogP contribution in [0.1, 0.15) is 20.2 Å². The van der Waals surface area contributed by atoms with Crippen LogP contribution in [0.15, 0.2) is 71.3 Å². The fraction of sp³-hybridized carbons (Fsp3) is 0.0500. The lowest BCUT2D eigenvalue weighted by atomic mass is 10.2. The molecule has 3 aromatic heterocycles. The summed E-state index contributed by atoms with van der Waals surface area (Å²) in [6.07, 6.45) is 2.58. The van der Waals surface area contributed by atoms with Gasteiger partial charge in [-0.05, 0) is 47.8 Å². The Hall–Kier alpha value is -3.50. The molecule has 0 saturated heterocycles. The SMILES string of the molecule is CS(=O)(=O)c1nc(C(=O)Nc2ccc(NC(=O)c3cccs3)cc2)c2ccccn12. The van der Waals surface area contributed by atoms with E-state index >= 15 is 0 Å². The summed E-state index contributed by atoms with van der Waals surface area (Å²) in [5, 5.41) is 7.10. The summed E-state index contributed by atoms with van der Waals surface area (Å²) in [4.78, 5) is 29.5. The Morgan fingerprint density at radius 1 is 0.933 bits per heavy atom. The third-order valence-corrected chi connectivity index (χ3v) is 6.03. The molecule has 8 nitrogen and oxygen atoms in total. The Morgan fingerprint density at radius 2 is 1.60 bits per heavy atom. The van der Waals surface area contributed by atoms with Gasteiger partial charge in [-0.1, -0.05) is 12.1 Å². The number of sulfone groups is 1. The molecule has 2 N–H and O–H groups in total. The Morgan fingerprint density at radius 3 is 2.20 bits per heavy atom. The summed E-state index contributed by atoms with van der Waals surface area (Å²) >= 11 is 1.34. The molecule has 0 unspecified atom stereocenters. The van der Waals surface area contributed by atoms with Crippen LogP contribution in [0.5, 0.6) is 0 Å². The second-order valence-corrected chi connectivity index (χ2v) is 9.29. The second kappa shape index (κ2) is 7.73. The monoisotopic (exact) mass is 440 g/mol. The van der Waals surface area contributed by atoms with Gasteiger partial charge < -0.3 is 10.6 Å². The summed E-state index contributed by atoms with van der Waals surface area (Å²) in [5.74, 6) is -0.747. The zero-order chi connectivity index (χ0) is 21.3. The number of benzene rings is 1. The van der Waals surface area contributed by atoms with Gasteiger partial charge in [0.05, 0.1) is 10.4 Å². The lowest BCUT2D eigenvalue weighted by molar-refractivity contribution is 0.101. The predicted molar refractivity (Wildman–Crippen MR) is 115 cm³/mol. The minimum atomic E-state index is -3.62. The van der Waals surface area contributed by atoms with E-state index in [2.05, 4.69) is 15.6 Å². The summed E-state index contributed by atoms with van der Waals surface area (Å²) in [6, 6.07) is 15.1. The number of hydrogen-bond donors (Lipinski definition) is 2. The normalized spacial score (nSPS) is 11.4. The van der Waals surface area contributed by atoms with Gasteiger partial charge in [-0.15, -0.1) is 11.3 Å². The molecular formula is C20H16N4O4S2. The first kappa shape index (κ1) is 19.8. The highest BCUT2D eigenvalue weighted by Crippen LogP contribution is 2.20. The summed E-state index contributed by atoms with van der Waals surface area (Å²) in [6.45, 7) is 0. The van der Waals surface area contributed by atoms with Gasteiger partial charge in [0, 0.05) is 23.8 Å². The van der Waals surface area contributed by atoms with Crippen LogP contribution in [-0.4, -0.2) is 35.9 Å². The van der Waals surface area contributed by atoms with E-state index in [1.165, 1.54) is 15.7 Å². The summed E-state index contributed by atoms with van der Waals surface area (Å²) < 4.78 is 25.4. The topological polar surface area (TPSA) is 110 Å². The average molecular weight is 441 g/mol. The highest BCUT2D eigenvalue weighted by Gasteiger charge is 2.22. The number of fused-ring (bicyclic) bond motifs is 1. The predicted octanol–water partition coefficient (Wildman–Crippen LogP) is 3.30. The van der Waals surface area contributed by atoms with Gasteiger partial charge in [0.1, 0.15) is 0 Å². The molecule has 0 saturated carbocycles. The number of amides is 2. The Labute approximate surface area is 176 Å². The van der Waals surface area contributed by atoms with Crippen molar-refractivity contribution in [1.29, 1.82) is 0 Å². The van der Waals surface area contributed by atoms with Crippen LogP contribution >= 0.6 is 11.3 Å². The van der Waals surface area contributed by atoms with Crippen LogP contribution in [-0.2, 0) is 9.84 Å². The molecule has 3 heterocycles. The molecule has 30 heavy (non-hydrogen) atoms. The van der Waals surface area contributed by atoms with Gasteiger partial charge in [0.15, 0.2) is 5.69 Å². The molecule has 1 aromatic carbocycles. The number of rotatable bonds is 5. The fourth-order valence-corrected chi connectivity index (χ4v) is 4.26. The maximum Gasteiger partial charge on any atom is 0.276 e. The molecule has 0 fully saturated rings. The van der Waals surface area contributed by atoms with Gasteiger partial charge >= 0.3 is 0 Å². The molecule has 0 bridgehead atoms. The van der Waals surface area contributed by atoms with Crippen molar-refractivity contribution in [2.24, 2.45) is 0 Å². The molecule has 152 valence electrons. The Balaban J connectivity index is 1.54. The van der Waals surface area contributed by atoms with Crippen LogP contribution in [0.4, 0.5) is 11.4 Å².